The summed E-state index contributed by atoms with van der Waals surface area (Å²) in [6.45, 7) is 9.91. The average Bonchev–Trinajstić information content (AvgIpc) is 2.73. The van der Waals surface area contributed by atoms with Crippen LogP contribution in [0.15, 0.2) is 12.3 Å². The summed E-state index contributed by atoms with van der Waals surface area (Å²) in [6.07, 6.45) is 1.92. The predicted molar refractivity (Wildman–Crippen MR) is 65.4 cm³/mol. The van der Waals surface area contributed by atoms with Crippen molar-refractivity contribution in [2.45, 2.75) is 26.4 Å². The van der Waals surface area contributed by atoms with Crippen LogP contribution in [0.25, 0.3) is 0 Å². The van der Waals surface area contributed by atoms with E-state index < -0.39 is 0 Å². The van der Waals surface area contributed by atoms with Gasteiger partial charge in [-0.25, -0.2) is 0 Å². The van der Waals surface area contributed by atoms with Crippen molar-refractivity contribution in [2.75, 3.05) is 33.2 Å². The van der Waals surface area contributed by atoms with E-state index in [1.807, 2.05) is 6.20 Å². The third-order valence-corrected chi connectivity index (χ3v) is 3.42. The molecule has 0 saturated heterocycles. The maximum atomic E-state index is 4.46. The molecule has 1 unspecified atom stereocenters. The van der Waals surface area contributed by atoms with Crippen LogP contribution < -0.4 is 0 Å². The van der Waals surface area contributed by atoms with Gasteiger partial charge in [0.1, 0.15) is 0 Å². The van der Waals surface area contributed by atoms with Gasteiger partial charge in [-0.1, -0.05) is 13.8 Å². The van der Waals surface area contributed by atoms with Crippen LogP contribution in [0.5, 0.6) is 0 Å². The van der Waals surface area contributed by atoms with Crippen molar-refractivity contribution in [1.82, 2.24) is 19.6 Å². The second kappa shape index (κ2) is 4.97. The standard InChI is InChI=1S/C12H22N4/c1-4-15(5-2)10-12-9-14(3)8-11-6-7-13-16(11)12/h6-7,12H,4-5,8-10H2,1-3H3. The van der Waals surface area contributed by atoms with Crippen molar-refractivity contribution in [2.24, 2.45) is 0 Å². The summed E-state index contributed by atoms with van der Waals surface area (Å²) in [5.74, 6) is 0. The van der Waals surface area contributed by atoms with E-state index in [1.165, 1.54) is 5.69 Å². The fourth-order valence-corrected chi connectivity index (χ4v) is 2.49. The molecule has 1 aromatic heterocycles. The molecule has 0 bridgehead atoms. The number of rotatable bonds is 4. The molecule has 0 spiro atoms. The van der Waals surface area contributed by atoms with Crippen molar-refractivity contribution in [3.8, 4) is 0 Å². The zero-order chi connectivity index (χ0) is 11.5. The molecule has 1 aliphatic rings. The Morgan fingerprint density at radius 3 is 2.88 bits per heavy atom. The Balaban J connectivity index is 2.11. The minimum Gasteiger partial charge on any atom is -0.302 e. The van der Waals surface area contributed by atoms with Crippen molar-refractivity contribution in [3.05, 3.63) is 18.0 Å². The van der Waals surface area contributed by atoms with Crippen LogP contribution in [0, 0.1) is 0 Å². The first-order valence-electron chi connectivity index (χ1n) is 6.17. The van der Waals surface area contributed by atoms with Gasteiger partial charge in [0.2, 0.25) is 0 Å². The van der Waals surface area contributed by atoms with Crippen LogP contribution in [-0.4, -0.2) is 52.8 Å². The molecule has 0 N–H and O–H groups in total. The molecule has 2 heterocycles. The molecule has 1 aromatic rings. The zero-order valence-corrected chi connectivity index (χ0v) is 10.6. The molecule has 0 radical (unpaired) electrons. The summed E-state index contributed by atoms with van der Waals surface area (Å²) in [4.78, 5) is 4.85. The summed E-state index contributed by atoms with van der Waals surface area (Å²) in [7, 11) is 2.19. The average molecular weight is 222 g/mol. The van der Waals surface area contributed by atoms with E-state index in [0.29, 0.717) is 6.04 Å². The normalized spacial score (nSPS) is 21.4. The van der Waals surface area contributed by atoms with E-state index in [9.17, 15) is 0 Å². The second-order valence-corrected chi connectivity index (χ2v) is 4.60. The Morgan fingerprint density at radius 1 is 1.44 bits per heavy atom. The number of aromatic nitrogens is 2. The van der Waals surface area contributed by atoms with Gasteiger partial charge in [-0.15, -0.1) is 0 Å². The number of fused-ring (bicyclic) bond motifs is 1. The molecule has 16 heavy (non-hydrogen) atoms. The summed E-state index contributed by atoms with van der Waals surface area (Å²) in [5.41, 5.74) is 1.34. The molecule has 2 rings (SSSR count). The Bertz CT molecular complexity index is 330. The van der Waals surface area contributed by atoms with Gasteiger partial charge in [-0.05, 0) is 26.2 Å². The smallest absolute Gasteiger partial charge is 0.0776 e. The second-order valence-electron chi connectivity index (χ2n) is 4.60. The Hall–Kier alpha value is -0.870. The molecule has 1 atom stereocenters. The van der Waals surface area contributed by atoms with Crippen LogP contribution in [0.4, 0.5) is 0 Å². The highest BCUT2D eigenvalue weighted by atomic mass is 15.4. The quantitative estimate of drug-likeness (QED) is 0.765. The summed E-state index contributed by atoms with van der Waals surface area (Å²) in [6, 6.07) is 2.63. The molecular weight excluding hydrogens is 200 g/mol. The van der Waals surface area contributed by atoms with Crippen LogP contribution >= 0.6 is 0 Å². The lowest BCUT2D eigenvalue weighted by Crippen LogP contribution is -2.41. The highest BCUT2D eigenvalue weighted by Crippen LogP contribution is 2.19. The fourth-order valence-electron chi connectivity index (χ4n) is 2.49. The van der Waals surface area contributed by atoms with Crippen LogP contribution in [0.3, 0.4) is 0 Å². The van der Waals surface area contributed by atoms with Gasteiger partial charge < -0.3 is 4.90 Å². The maximum Gasteiger partial charge on any atom is 0.0776 e. The molecule has 0 saturated carbocycles. The lowest BCUT2D eigenvalue weighted by molar-refractivity contribution is 0.160. The van der Waals surface area contributed by atoms with Crippen molar-refractivity contribution >= 4 is 0 Å². The number of hydrogen-bond acceptors (Lipinski definition) is 3. The first-order chi connectivity index (χ1) is 7.74. The maximum absolute atomic E-state index is 4.46. The SMILES string of the molecule is CCN(CC)CC1CN(C)Cc2ccnn21. The molecule has 1 aliphatic heterocycles. The highest BCUT2D eigenvalue weighted by molar-refractivity contribution is 5.05. The van der Waals surface area contributed by atoms with Crippen molar-refractivity contribution in [1.29, 1.82) is 0 Å². The Morgan fingerprint density at radius 2 is 2.19 bits per heavy atom. The lowest BCUT2D eigenvalue weighted by atomic mass is 10.2. The van der Waals surface area contributed by atoms with Gasteiger partial charge >= 0.3 is 0 Å². The lowest BCUT2D eigenvalue weighted by Gasteiger charge is -2.34. The van der Waals surface area contributed by atoms with Gasteiger partial charge in [-0.2, -0.15) is 5.10 Å². The monoisotopic (exact) mass is 222 g/mol. The highest BCUT2D eigenvalue weighted by Gasteiger charge is 2.24. The fraction of sp³-hybridized carbons (Fsp3) is 0.750. The molecule has 4 heteroatoms. The van der Waals surface area contributed by atoms with Gasteiger partial charge in [0.15, 0.2) is 0 Å². The van der Waals surface area contributed by atoms with E-state index >= 15 is 0 Å². The molecule has 0 aromatic carbocycles. The van der Waals surface area contributed by atoms with E-state index in [2.05, 4.69) is 46.5 Å². The van der Waals surface area contributed by atoms with E-state index in [1.54, 1.807) is 0 Å². The third kappa shape index (κ3) is 2.28. The minimum absolute atomic E-state index is 0.503. The molecule has 90 valence electrons. The number of likely N-dealkylation sites (N-methyl/N-ethyl adjacent to an activating group) is 2. The van der Waals surface area contributed by atoms with E-state index in [4.69, 9.17) is 0 Å². The molecule has 0 fully saturated rings. The Labute approximate surface area is 97.8 Å². The van der Waals surface area contributed by atoms with Gasteiger partial charge in [-0.3, -0.25) is 9.58 Å². The van der Waals surface area contributed by atoms with Gasteiger partial charge in [0.25, 0.3) is 0 Å². The first kappa shape index (κ1) is 11.6. The molecule has 4 nitrogen and oxygen atoms in total. The van der Waals surface area contributed by atoms with Crippen LogP contribution in [-0.2, 0) is 6.54 Å². The summed E-state index contributed by atoms with van der Waals surface area (Å²) < 4.78 is 2.21. The topological polar surface area (TPSA) is 24.3 Å². The van der Waals surface area contributed by atoms with Crippen molar-refractivity contribution in [3.63, 3.8) is 0 Å². The summed E-state index contributed by atoms with van der Waals surface area (Å²) in [5, 5.41) is 4.46. The Kier molecular flexibility index (Phi) is 3.61. The minimum atomic E-state index is 0.503. The van der Waals surface area contributed by atoms with E-state index in [-0.39, 0.29) is 0 Å². The largest absolute Gasteiger partial charge is 0.302 e. The van der Waals surface area contributed by atoms with Crippen LogP contribution in [0.1, 0.15) is 25.6 Å². The van der Waals surface area contributed by atoms with Crippen LogP contribution in [0.2, 0.25) is 0 Å². The van der Waals surface area contributed by atoms with Crippen molar-refractivity contribution < 1.29 is 0 Å². The molecular formula is C12H22N4. The first-order valence-corrected chi connectivity index (χ1v) is 6.17. The molecule has 0 aliphatic carbocycles. The summed E-state index contributed by atoms with van der Waals surface area (Å²) >= 11 is 0. The third-order valence-electron chi connectivity index (χ3n) is 3.42. The van der Waals surface area contributed by atoms with Gasteiger partial charge in [0, 0.05) is 25.8 Å². The predicted octanol–water partition coefficient (Wildman–Crippen LogP) is 1.21. The number of nitrogens with zero attached hydrogens (tertiary/aromatic N) is 4. The van der Waals surface area contributed by atoms with Gasteiger partial charge in [0.05, 0.1) is 11.7 Å². The number of hydrogen-bond donors (Lipinski definition) is 0. The molecule has 0 amide bonds. The van der Waals surface area contributed by atoms with E-state index in [0.717, 1.165) is 32.7 Å². The zero-order valence-electron chi connectivity index (χ0n) is 10.6.